The molecule has 1 unspecified atom stereocenters. The number of piperidine rings is 1. The van der Waals surface area contributed by atoms with E-state index in [0.717, 1.165) is 42.7 Å². The first kappa shape index (κ1) is 18.6. The van der Waals surface area contributed by atoms with Crippen molar-refractivity contribution in [1.29, 1.82) is 0 Å². The fourth-order valence-corrected chi connectivity index (χ4v) is 3.58. The standard InChI is InChI=1S/C19H29N5O2/c1-4-8-20-19(25)26-13-16-7-5-6-9-24(16)12-15-10-17-14(2)22-23(3)18(17)21-11-15/h10-11,16H,4-9,12-13H2,1-3H3,(H,20,25). The molecular weight excluding hydrogens is 330 g/mol. The van der Waals surface area contributed by atoms with Crippen molar-refractivity contribution in [2.75, 3.05) is 19.7 Å². The number of carbonyl (C=O) groups excluding carboxylic acids is 1. The van der Waals surface area contributed by atoms with Gasteiger partial charge in [-0.25, -0.2) is 9.78 Å². The van der Waals surface area contributed by atoms with Crippen molar-refractivity contribution in [3.8, 4) is 0 Å². The number of nitrogens with zero attached hydrogens (tertiary/aromatic N) is 4. The van der Waals surface area contributed by atoms with Crippen LogP contribution in [0.2, 0.25) is 0 Å². The summed E-state index contributed by atoms with van der Waals surface area (Å²) in [5.74, 6) is 0. The Morgan fingerprint density at radius 2 is 2.27 bits per heavy atom. The Morgan fingerprint density at radius 1 is 1.42 bits per heavy atom. The summed E-state index contributed by atoms with van der Waals surface area (Å²) >= 11 is 0. The Morgan fingerprint density at radius 3 is 3.08 bits per heavy atom. The van der Waals surface area contributed by atoms with Gasteiger partial charge in [0.15, 0.2) is 5.65 Å². The van der Waals surface area contributed by atoms with Crippen LogP contribution in [0.4, 0.5) is 4.79 Å². The van der Waals surface area contributed by atoms with Crippen molar-refractivity contribution in [2.24, 2.45) is 7.05 Å². The van der Waals surface area contributed by atoms with Crippen LogP contribution in [0.1, 0.15) is 43.9 Å². The number of ether oxygens (including phenoxy) is 1. The summed E-state index contributed by atoms with van der Waals surface area (Å²) in [7, 11) is 1.92. The quantitative estimate of drug-likeness (QED) is 0.859. The second-order valence-corrected chi connectivity index (χ2v) is 7.07. The van der Waals surface area contributed by atoms with E-state index in [1.807, 2.05) is 31.8 Å². The molecule has 1 N–H and O–H groups in total. The fraction of sp³-hybridized carbons (Fsp3) is 0.632. The molecule has 0 aliphatic carbocycles. The first-order valence-corrected chi connectivity index (χ1v) is 9.51. The van der Waals surface area contributed by atoms with Gasteiger partial charge in [-0.1, -0.05) is 13.3 Å². The molecule has 0 radical (unpaired) electrons. The van der Waals surface area contributed by atoms with Crippen molar-refractivity contribution < 1.29 is 9.53 Å². The van der Waals surface area contributed by atoms with Gasteiger partial charge in [0.2, 0.25) is 0 Å². The lowest BCUT2D eigenvalue weighted by Crippen LogP contribution is -2.43. The first-order valence-electron chi connectivity index (χ1n) is 9.51. The van der Waals surface area contributed by atoms with E-state index in [4.69, 9.17) is 4.74 Å². The average molecular weight is 359 g/mol. The van der Waals surface area contributed by atoms with Gasteiger partial charge in [-0.05, 0) is 44.4 Å². The highest BCUT2D eigenvalue weighted by atomic mass is 16.5. The molecule has 0 aromatic carbocycles. The maximum absolute atomic E-state index is 11.7. The third-order valence-corrected chi connectivity index (χ3v) is 4.98. The average Bonchev–Trinajstić information content (AvgIpc) is 2.93. The van der Waals surface area contributed by atoms with Gasteiger partial charge in [-0.3, -0.25) is 9.58 Å². The predicted molar refractivity (Wildman–Crippen MR) is 101 cm³/mol. The first-order chi connectivity index (χ1) is 12.6. The van der Waals surface area contributed by atoms with E-state index in [1.54, 1.807) is 0 Å². The molecule has 26 heavy (non-hydrogen) atoms. The van der Waals surface area contributed by atoms with E-state index < -0.39 is 0 Å². The molecule has 7 heteroatoms. The van der Waals surface area contributed by atoms with Crippen molar-refractivity contribution >= 4 is 17.1 Å². The van der Waals surface area contributed by atoms with E-state index in [0.29, 0.717) is 13.2 Å². The molecule has 1 aliphatic heterocycles. The molecule has 3 rings (SSSR count). The van der Waals surface area contributed by atoms with Gasteiger partial charge in [0, 0.05) is 37.8 Å². The molecule has 1 amide bonds. The third kappa shape index (κ3) is 4.33. The molecule has 0 spiro atoms. The number of hydrogen-bond donors (Lipinski definition) is 1. The molecule has 1 saturated heterocycles. The summed E-state index contributed by atoms with van der Waals surface area (Å²) in [5, 5.41) is 8.31. The van der Waals surface area contributed by atoms with Crippen LogP contribution in [0.25, 0.3) is 11.0 Å². The molecule has 142 valence electrons. The zero-order chi connectivity index (χ0) is 18.5. The Kier molecular flexibility index (Phi) is 6.08. The summed E-state index contributed by atoms with van der Waals surface area (Å²) < 4.78 is 7.24. The molecule has 3 heterocycles. The van der Waals surface area contributed by atoms with Gasteiger partial charge < -0.3 is 10.1 Å². The van der Waals surface area contributed by atoms with Gasteiger partial charge in [0.05, 0.1) is 5.69 Å². The number of amides is 1. The zero-order valence-electron chi connectivity index (χ0n) is 16.0. The third-order valence-electron chi connectivity index (χ3n) is 4.98. The van der Waals surface area contributed by atoms with Gasteiger partial charge in [-0.15, -0.1) is 0 Å². The smallest absolute Gasteiger partial charge is 0.407 e. The molecule has 0 bridgehead atoms. The van der Waals surface area contributed by atoms with Gasteiger partial charge in [0.25, 0.3) is 0 Å². The van der Waals surface area contributed by atoms with Crippen LogP contribution < -0.4 is 5.32 Å². The minimum absolute atomic E-state index is 0.266. The number of hydrogen-bond acceptors (Lipinski definition) is 5. The topological polar surface area (TPSA) is 72.3 Å². The zero-order valence-corrected chi connectivity index (χ0v) is 16.0. The molecule has 0 saturated carbocycles. The lowest BCUT2D eigenvalue weighted by molar-refractivity contribution is 0.0640. The summed E-state index contributed by atoms with van der Waals surface area (Å²) in [6.07, 6.45) is 5.95. The van der Waals surface area contributed by atoms with Crippen LogP contribution in [0.3, 0.4) is 0 Å². The number of rotatable bonds is 6. The van der Waals surface area contributed by atoms with Crippen molar-refractivity contribution in [3.63, 3.8) is 0 Å². The Hall–Kier alpha value is -2.15. The lowest BCUT2D eigenvalue weighted by atomic mass is 10.0. The SMILES string of the molecule is CCCNC(=O)OCC1CCCCN1Cc1cnc2c(c1)c(C)nn2C. The Balaban J connectivity index is 1.64. The molecule has 2 aromatic heterocycles. The number of aromatic nitrogens is 3. The van der Waals surface area contributed by atoms with E-state index in [2.05, 4.69) is 26.4 Å². The van der Waals surface area contributed by atoms with Crippen LogP contribution in [0.5, 0.6) is 0 Å². The van der Waals surface area contributed by atoms with Crippen molar-refractivity contribution in [2.45, 2.75) is 52.1 Å². The Labute approximate surface area is 154 Å². The van der Waals surface area contributed by atoms with Crippen molar-refractivity contribution in [1.82, 2.24) is 25.0 Å². The molecule has 1 aliphatic rings. The van der Waals surface area contributed by atoms with Crippen LogP contribution >= 0.6 is 0 Å². The van der Waals surface area contributed by atoms with E-state index >= 15 is 0 Å². The predicted octanol–water partition coefficient (Wildman–Crippen LogP) is 2.77. The Bertz CT molecular complexity index is 758. The van der Waals surface area contributed by atoms with E-state index in [1.165, 1.54) is 18.4 Å². The highest BCUT2D eigenvalue weighted by molar-refractivity contribution is 5.78. The molecular formula is C19H29N5O2. The number of aryl methyl sites for hydroxylation is 2. The number of likely N-dealkylation sites (tertiary alicyclic amines) is 1. The maximum atomic E-state index is 11.7. The highest BCUT2D eigenvalue weighted by Crippen LogP contribution is 2.22. The molecule has 1 atom stereocenters. The van der Waals surface area contributed by atoms with Crippen LogP contribution in [0, 0.1) is 6.92 Å². The monoisotopic (exact) mass is 359 g/mol. The second kappa shape index (κ2) is 8.49. The van der Waals surface area contributed by atoms with Crippen LogP contribution in [-0.2, 0) is 18.3 Å². The van der Waals surface area contributed by atoms with E-state index in [9.17, 15) is 4.79 Å². The summed E-state index contributed by atoms with van der Waals surface area (Å²) in [5.41, 5.74) is 3.09. The number of pyridine rings is 1. The number of alkyl carbamates (subject to hydrolysis) is 1. The summed E-state index contributed by atoms with van der Waals surface area (Å²) in [4.78, 5) is 18.7. The number of fused-ring (bicyclic) bond motifs is 1. The maximum Gasteiger partial charge on any atom is 0.407 e. The fourth-order valence-electron chi connectivity index (χ4n) is 3.58. The highest BCUT2D eigenvalue weighted by Gasteiger charge is 2.24. The summed E-state index contributed by atoms with van der Waals surface area (Å²) in [6.45, 7) is 6.98. The van der Waals surface area contributed by atoms with Crippen LogP contribution in [-0.4, -0.2) is 51.5 Å². The molecule has 2 aromatic rings. The normalized spacial score (nSPS) is 18.2. The minimum Gasteiger partial charge on any atom is -0.448 e. The lowest BCUT2D eigenvalue weighted by Gasteiger charge is -2.35. The number of nitrogens with one attached hydrogen (secondary N) is 1. The number of carbonyl (C=O) groups is 1. The van der Waals surface area contributed by atoms with Gasteiger partial charge >= 0.3 is 6.09 Å². The molecule has 7 nitrogen and oxygen atoms in total. The largest absolute Gasteiger partial charge is 0.448 e. The van der Waals surface area contributed by atoms with Crippen molar-refractivity contribution in [3.05, 3.63) is 23.5 Å². The molecule has 1 fully saturated rings. The second-order valence-electron chi connectivity index (χ2n) is 7.07. The minimum atomic E-state index is -0.313. The van der Waals surface area contributed by atoms with Gasteiger partial charge in [-0.2, -0.15) is 5.10 Å². The van der Waals surface area contributed by atoms with E-state index in [-0.39, 0.29) is 12.1 Å². The van der Waals surface area contributed by atoms with Gasteiger partial charge in [0.1, 0.15) is 6.61 Å². The van der Waals surface area contributed by atoms with Crippen LogP contribution in [0.15, 0.2) is 12.3 Å². The summed E-state index contributed by atoms with van der Waals surface area (Å²) in [6, 6.07) is 2.45.